The second-order valence-corrected chi connectivity index (χ2v) is 2.86. The number of nitrogens with zero attached hydrogens (tertiary/aromatic N) is 2. The molecule has 0 aromatic heterocycles. The second kappa shape index (κ2) is 2.85. The van der Waals surface area contributed by atoms with E-state index >= 15 is 0 Å². The summed E-state index contributed by atoms with van der Waals surface area (Å²) >= 11 is 0. The van der Waals surface area contributed by atoms with Gasteiger partial charge in [-0.2, -0.15) is 5.26 Å². The van der Waals surface area contributed by atoms with Crippen molar-refractivity contribution < 1.29 is 0 Å². The first-order chi connectivity index (χ1) is 4.45. The van der Waals surface area contributed by atoms with Gasteiger partial charge >= 0.3 is 0 Å². The Morgan fingerprint density at radius 3 is 2.00 bits per heavy atom. The third kappa shape index (κ3) is 1.37. The van der Waals surface area contributed by atoms with Crippen LogP contribution in [-0.2, 0) is 0 Å². The minimum atomic E-state index is -0.514. The van der Waals surface area contributed by atoms with E-state index in [4.69, 9.17) is 5.26 Å². The lowest BCUT2D eigenvalue weighted by atomic mass is 9.95. The maximum absolute atomic E-state index is 8.77. The standard InChI is InChI=1S/C8H14N2/c1-7(2)8(3,6-9)10(4)5/h1H2,2-5H3. The Labute approximate surface area is 62.8 Å². The lowest BCUT2D eigenvalue weighted by Gasteiger charge is -2.29. The molecule has 2 nitrogen and oxygen atoms in total. The summed E-state index contributed by atoms with van der Waals surface area (Å²) in [4.78, 5) is 1.86. The fraction of sp³-hybridized carbons (Fsp3) is 0.625. The van der Waals surface area contributed by atoms with Crippen LogP contribution in [0.5, 0.6) is 0 Å². The van der Waals surface area contributed by atoms with Gasteiger partial charge in [-0.05, 0) is 33.5 Å². The number of rotatable bonds is 2. The molecule has 0 radical (unpaired) electrons. The smallest absolute Gasteiger partial charge is 0.126 e. The highest BCUT2D eigenvalue weighted by atomic mass is 15.1. The minimum absolute atomic E-state index is 0.514. The third-order valence-electron chi connectivity index (χ3n) is 1.94. The van der Waals surface area contributed by atoms with Crippen LogP contribution in [-0.4, -0.2) is 24.5 Å². The zero-order chi connectivity index (χ0) is 8.36. The third-order valence-corrected chi connectivity index (χ3v) is 1.94. The van der Waals surface area contributed by atoms with Gasteiger partial charge in [0, 0.05) is 0 Å². The molecule has 0 rings (SSSR count). The van der Waals surface area contributed by atoms with Crippen molar-refractivity contribution in [2.45, 2.75) is 19.4 Å². The highest BCUT2D eigenvalue weighted by Gasteiger charge is 2.26. The van der Waals surface area contributed by atoms with Crippen LogP contribution in [0.4, 0.5) is 0 Å². The van der Waals surface area contributed by atoms with Gasteiger partial charge in [-0.1, -0.05) is 6.58 Å². The van der Waals surface area contributed by atoms with Gasteiger partial charge in [-0.15, -0.1) is 0 Å². The van der Waals surface area contributed by atoms with Crippen molar-refractivity contribution in [1.82, 2.24) is 4.90 Å². The highest BCUT2D eigenvalue weighted by molar-refractivity contribution is 5.23. The first kappa shape index (κ1) is 9.19. The first-order valence-electron chi connectivity index (χ1n) is 3.20. The molecule has 56 valence electrons. The summed E-state index contributed by atoms with van der Waals surface area (Å²) in [7, 11) is 3.75. The van der Waals surface area contributed by atoms with Crippen molar-refractivity contribution in [3.8, 4) is 6.07 Å². The van der Waals surface area contributed by atoms with Crippen LogP contribution in [0.2, 0.25) is 0 Å². The van der Waals surface area contributed by atoms with Crippen LogP contribution in [0.1, 0.15) is 13.8 Å². The fourth-order valence-electron chi connectivity index (χ4n) is 0.577. The molecule has 0 spiro atoms. The SMILES string of the molecule is C=C(C)C(C)(C#N)N(C)C. The maximum Gasteiger partial charge on any atom is 0.126 e. The quantitative estimate of drug-likeness (QED) is 0.539. The summed E-state index contributed by atoms with van der Waals surface area (Å²) < 4.78 is 0. The average Bonchev–Trinajstić information content (AvgIpc) is 1.85. The molecule has 1 unspecified atom stereocenters. The summed E-state index contributed by atoms with van der Waals surface area (Å²) in [5.41, 5.74) is 0.361. The van der Waals surface area contributed by atoms with Crippen molar-refractivity contribution in [1.29, 1.82) is 5.26 Å². The van der Waals surface area contributed by atoms with Crippen molar-refractivity contribution in [3.63, 3.8) is 0 Å². The van der Waals surface area contributed by atoms with Gasteiger partial charge in [-0.3, -0.25) is 4.90 Å². The Bertz CT molecular complexity index is 176. The van der Waals surface area contributed by atoms with Crippen LogP contribution >= 0.6 is 0 Å². The van der Waals surface area contributed by atoms with Gasteiger partial charge in [-0.25, -0.2) is 0 Å². The molecule has 0 fully saturated rings. The van der Waals surface area contributed by atoms with Crippen molar-refractivity contribution in [2.75, 3.05) is 14.1 Å². The van der Waals surface area contributed by atoms with E-state index in [0.717, 1.165) is 5.57 Å². The van der Waals surface area contributed by atoms with E-state index in [9.17, 15) is 0 Å². The Hall–Kier alpha value is -0.810. The van der Waals surface area contributed by atoms with Gasteiger partial charge in [0.25, 0.3) is 0 Å². The van der Waals surface area contributed by atoms with Crippen LogP contribution in [0.15, 0.2) is 12.2 Å². The maximum atomic E-state index is 8.77. The summed E-state index contributed by atoms with van der Waals surface area (Å²) in [5.74, 6) is 0. The van der Waals surface area contributed by atoms with E-state index in [1.165, 1.54) is 0 Å². The number of likely N-dealkylation sites (N-methyl/N-ethyl adjacent to an activating group) is 1. The number of nitriles is 1. The summed E-state index contributed by atoms with van der Waals surface area (Å²) in [5, 5.41) is 8.77. The van der Waals surface area contributed by atoms with E-state index in [1.54, 1.807) is 0 Å². The van der Waals surface area contributed by atoms with Gasteiger partial charge in [0.05, 0.1) is 6.07 Å². The van der Waals surface area contributed by atoms with Crippen molar-refractivity contribution in [3.05, 3.63) is 12.2 Å². The predicted molar refractivity (Wildman–Crippen MR) is 42.5 cm³/mol. The molecule has 0 aromatic rings. The molecular formula is C8H14N2. The molecule has 0 aliphatic rings. The lowest BCUT2D eigenvalue weighted by Crippen LogP contribution is -2.40. The molecule has 0 aliphatic heterocycles. The monoisotopic (exact) mass is 138 g/mol. The Kier molecular flexibility index (Phi) is 2.62. The molecule has 0 bridgehead atoms. The van der Waals surface area contributed by atoms with Crippen molar-refractivity contribution >= 4 is 0 Å². The molecule has 0 N–H and O–H groups in total. The molecule has 0 heterocycles. The molecular weight excluding hydrogens is 124 g/mol. The Morgan fingerprint density at radius 1 is 1.60 bits per heavy atom. The van der Waals surface area contributed by atoms with E-state index in [2.05, 4.69) is 12.6 Å². The van der Waals surface area contributed by atoms with E-state index < -0.39 is 5.54 Å². The van der Waals surface area contributed by atoms with Gasteiger partial charge in [0.1, 0.15) is 5.54 Å². The predicted octanol–water partition coefficient (Wildman–Crippen LogP) is 1.41. The topological polar surface area (TPSA) is 27.0 Å². The molecule has 0 amide bonds. The van der Waals surface area contributed by atoms with Gasteiger partial charge in [0.15, 0.2) is 0 Å². The molecule has 1 atom stereocenters. The Balaban J connectivity index is 4.60. The van der Waals surface area contributed by atoms with E-state index in [0.29, 0.717) is 0 Å². The zero-order valence-corrected chi connectivity index (χ0v) is 7.10. The zero-order valence-electron chi connectivity index (χ0n) is 7.10. The average molecular weight is 138 g/mol. The van der Waals surface area contributed by atoms with Crippen LogP contribution < -0.4 is 0 Å². The number of hydrogen-bond donors (Lipinski definition) is 0. The second-order valence-electron chi connectivity index (χ2n) is 2.86. The first-order valence-corrected chi connectivity index (χ1v) is 3.20. The van der Waals surface area contributed by atoms with Crippen LogP contribution in [0, 0.1) is 11.3 Å². The summed E-state index contributed by atoms with van der Waals surface area (Å²) in [6, 6.07) is 2.20. The highest BCUT2D eigenvalue weighted by Crippen LogP contribution is 2.18. The van der Waals surface area contributed by atoms with E-state index in [-0.39, 0.29) is 0 Å². The number of hydrogen-bond acceptors (Lipinski definition) is 2. The normalized spacial score (nSPS) is 16.0. The molecule has 0 saturated heterocycles. The fourth-order valence-corrected chi connectivity index (χ4v) is 0.577. The molecule has 0 aromatic carbocycles. The summed E-state index contributed by atoms with van der Waals surface area (Å²) in [6.45, 7) is 7.48. The van der Waals surface area contributed by atoms with Gasteiger partial charge < -0.3 is 0 Å². The van der Waals surface area contributed by atoms with Crippen molar-refractivity contribution in [2.24, 2.45) is 0 Å². The molecule has 2 heteroatoms. The largest absolute Gasteiger partial charge is 0.289 e. The molecule has 0 aliphatic carbocycles. The minimum Gasteiger partial charge on any atom is -0.289 e. The molecule has 0 saturated carbocycles. The summed E-state index contributed by atoms with van der Waals surface area (Å²) in [6.07, 6.45) is 0. The van der Waals surface area contributed by atoms with E-state index in [1.807, 2.05) is 32.8 Å². The Morgan fingerprint density at radius 2 is 2.00 bits per heavy atom. The van der Waals surface area contributed by atoms with Gasteiger partial charge in [0.2, 0.25) is 0 Å². The lowest BCUT2D eigenvalue weighted by molar-refractivity contribution is 0.279. The van der Waals surface area contributed by atoms with Crippen LogP contribution in [0.25, 0.3) is 0 Å². The van der Waals surface area contributed by atoms with Crippen LogP contribution in [0.3, 0.4) is 0 Å². The molecule has 10 heavy (non-hydrogen) atoms.